The number of carbonyl (C=O) groups is 2. The monoisotopic (exact) mass is 446 g/mol. The van der Waals surface area contributed by atoms with Crippen molar-refractivity contribution in [2.24, 2.45) is 5.92 Å². The molecule has 0 aliphatic carbocycles. The SMILES string of the molecule is CCOc1ccc(OCCNC(=O)[C@@H]2CC(=O)N(c3ccccc3Br)C2)cc1. The number of nitrogens with zero attached hydrogens (tertiary/aromatic N) is 1. The number of halogens is 1. The number of hydrogen-bond donors (Lipinski definition) is 1. The summed E-state index contributed by atoms with van der Waals surface area (Å²) in [5.41, 5.74) is 0.793. The van der Waals surface area contributed by atoms with Gasteiger partial charge in [-0.05, 0) is 59.3 Å². The molecule has 1 heterocycles. The van der Waals surface area contributed by atoms with E-state index in [1.165, 1.54) is 0 Å². The van der Waals surface area contributed by atoms with E-state index >= 15 is 0 Å². The van der Waals surface area contributed by atoms with E-state index in [0.29, 0.717) is 32.1 Å². The molecule has 2 amide bonds. The predicted octanol–water partition coefficient (Wildman–Crippen LogP) is 3.40. The maximum absolute atomic E-state index is 12.4. The van der Waals surface area contributed by atoms with Crippen LogP contribution in [0.1, 0.15) is 13.3 Å². The fourth-order valence-electron chi connectivity index (χ4n) is 3.07. The molecule has 0 aromatic heterocycles. The molecule has 0 radical (unpaired) electrons. The third kappa shape index (κ3) is 5.04. The van der Waals surface area contributed by atoms with Crippen LogP contribution in [0.15, 0.2) is 53.0 Å². The standard InChI is InChI=1S/C21H23BrN2O4/c1-2-27-16-7-9-17(10-8-16)28-12-11-23-21(26)15-13-20(25)24(14-15)19-6-4-3-5-18(19)22/h3-10,15H,2,11-14H2,1H3,(H,23,26)/t15-/m1/s1. The van der Waals surface area contributed by atoms with Gasteiger partial charge < -0.3 is 19.7 Å². The molecule has 3 rings (SSSR count). The third-order valence-corrected chi connectivity index (χ3v) is 5.11. The lowest BCUT2D eigenvalue weighted by molar-refractivity contribution is -0.126. The molecule has 2 aromatic rings. The van der Waals surface area contributed by atoms with Crippen molar-refractivity contribution in [3.8, 4) is 11.5 Å². The summed E-state index contributed by atoms with van der Waals surface area (Å²) in [6.07, 6.45) is 0.215. The second-order valence-corrected chi connectivity index (χ2v) is 7.26. The second kappa shape index (κ2) is 9.59. The van der Waals surface area contributed by atoms with Crippen LogP contribution >= 0.6 is 15.9 Å². The van der Waals surface area contributed by atoms with E-state index in [-0.39, 0.29) is 24.2 Å². The van der Waals surface area contributed by atoms with Gasteiger partial charge in [-0.3, -0.25) is 9.59 Å². The normalized spacial score (nSPS) is 16.1. The summed E-state index contributed by atoms with van der Waals surface area (Å²) < 4.78 is 11.9. The van der Waals surface area contributed by atoms with Gasteiger partial charge in [0.25, 0.3) is 0 Å². The summed E-state index contributed by atoms with van der Waals surface area (Å²) in [6, 6.07) is 14.9. The molecular weight excluding hydrogens is 424 g/mol. The molecule has 148 valence electrons. The molecule has 0 bridgehead atoms. The van der Waals surface area contributed by atoms with E-state index in [1.807, 2.05) is 55.5 Å². The number of nitrogens with one attached hydrogen (secondary N) is 1. The molecule has 1 aliphatic heterocycles. The van der Waals surface area contributed by atoms with Crippen LogP contribution in [0.4, 0.5) is 5.69 Å². The van der Waals surface area contributed by atoms with Crippen molar-refractivity contribution in [2.75, 3.05) is 31.2 Å². The van der Waals surface area contributed by atoms with E-state index in [2.05, 4.69) is 21.2 Å². The highest BCUT2D eigenvalue weighted by molar-refractivity contribution is 9.10. The molecule has 1 N–H and O–H groups in total. The molecule has 2 aromatic carbocycles. The highest BCUT2D eigenvalue weighted by Crippen LogP contribution is 2.31. The lowest BCUT2D eigenvalue weighted by Crippen LogP contribution is -2.35. The quantitative estimate of drug-likeness (QED) is 0.630. The van der Waals surface area contributed by atoms with Gasteiger partial charge >= 0.3 is 0 Å². The van der Waals surface area contributed by atoms with Crippen molar-refractivity contribution < 1.29 is 19.1 Å². The number of anilines is 1. The Morgan fingerprint density at radius 1 is 1.14 bits per heavy atom. The van der Waals surface area contributed by atoms with Gasteiger partial charge in [-0.2, -0.15) is 0 Å². The molecule has 1 atom stereocenters. The van der Waals surface area contributed by atoms with Gasteiger partial charge in [0, 0.05) is 17.4 Å². The van der Waals surface area contributed by atoms with Crippen LogP contribution < -0.4 is 19.7 Å². The van der Waals surface area contributed by atoms with E-state index in [1.54, 1.807) is 4.90 Å². The fraction of sp³-hybridized carbons (Fsp3) is 0.333. The molecular formula is C21H23BrN2O4. The Kier molecular flexibility index (Phi) is 6.92. The first kappa shape index (κ1) is 20.2. The Labute approximate surface area is 172 Å². The summed E-state index contributed by atoms with van der Waals surface area (Å²) >= 11 is 3.46. The van der Waals surface area contributed by atoms with Crippen molar-refractivity contribution in [1.82, 2.24) is 5.32 Å². The van der Waals surface area contributed by atoms with Gasteiger partial charge in [0.05, 0.1) is 24.8 Å². The molecule has 0 spiro atoms. The Morgan fingerprint density at radius 2 is 1.82 bits per heavy atom. The molecule has 1 saturated heterocycles. The van der Waals surface area contributed by atoms with Crippen molar-refractivity contribution in [3.05, 3.63) is 53.0 Å². The summed E-state index contributed by atoms with van der Waals surface area (Å²) in [6.45, 7) is 3.67. The first-order chi connectivity index (χ1) is 13.6. The minimum absolute atomic E-state index is 0.0438. The predicted molar refractivity (Wildman–Crippen MR) is 111 cm³/mol. The Bertz CT molecular complexity index is 825. The van der Waals surface area contributed by atoms with Gasteiger partial charge in [0.1, 0.15) is 18.1 Å². The smallest absolute Gasteiger partial charge is 0.227 e. The van der Waals surface area contributed by atoms with E-state index in [9.17, 15) is 9.59 Å². The highest BCUT2D eigenvalue weighted by atomic mass is 79.9. The summed E-state index contributed by atoms with van der Waals surface area (Å²) in [5.74, 6) is 0.985. The maximum atomic E-state index is 12.4. The number of ether oxygens (including phenoxy) is 2. The number of benzene rings is 2. The van der Waals surface area contributed by atoms with Gasteiger partial charge in [-0.15, -0.1) is 0 Å². The Balaban J connectivity index is 1.44. The molecule has 0 saturated carbocycles. The summed E-state index contributed by atoms with van der Waals surface area (Å²) in [7, 11) is 0. The minimum atomic E-state index is -0.356. The highest BCUT2D eigenvalue weighted by Gasteiger charge is 2.35. The maximum Gasteiger partial charge on any atom is 0.227 e. The second-order valence-electron chi connectivity index (χ2n) is 6.40. The zero-order chi connectivity index (χ0) is 19.9. The molecule has 7 heteroatoms. The molecule has 1 aliphatic rings. The number of amides is 2. The molecule has 1 fully saturated rings. The molecule has 0 unspecified atom stereocenters. The third-order valence-electron chi connectivity index (χ3n) is 4.44. The average molecular weight is 447 g/mol. The lowest BCUT2D eigenvalue weighted by atomic mass is 10.1. The van der Waals surface area contributed by atoms with Crippen molar-refractivity contribution in [3.63, 3.8) is 0 Å². The van der Waals surface area contributed by atoms with Gasteiger partial charge in [0.2, 0.25) is 11.8 Å². The Hall–Kier alpha value is -2.54. The van der Waals surface area contributed by atoms with Crippen molar-refractivity contribution >= 4 is 33.4 Å². The lowest BCUT2D eigenvalue weighted by Gasteiger charge is -2.18. The largest absolute Gasteiger partial charge is 0.494 e. The van der Waals surface area contributed by atoms with E-state index in [0.717, 1.165) is 15.9 Å². The number of rotatable bonds is 8. The zero-order valence-corrected chi connectivity index (χ0v) is 17.3. The van der Waals surface area contributed by atoms with Gasteiger partial charge in [0.15, 0.2) is 0 Å². The summed E-state index contributed by atoms with van der Waals surface area (Å²) in [4.78, 5) is 26.4. The van der Waals surface area contributed by atoms with Crippen molar-refractivity contribution in [1.29, 1.82) is 0 Å². The van der Waals surface area contributed by atoms with Gasteiger partial charge in [-0.25, -0.2) is 0 Å². The number of carbonyl (C=O) groups excluding carboxylic acids is 2. The van der Waals surface area contributed by atoms with Crippen LogP contribution in [-0.4, -0.2) is 38.1 Å². The van der Waals surface area contributed by atoms with E-state index in [4.69, 9.17) is 9.47 Å². The first-order valence-corrected chi connectivity index (χ1v) is 10.1. The molecule has 6 nitrogen and oxygen atoms in total. The van der Waals surface area contributed by atoms with Crippen LogP contribution in [0.3, 0.4) is 0 Å². The topological polar surface area (TPSA) is 67.9 Å². The van der Waals surface area contributed by atoms with Crippen molar-refractivity contribution in [2.45, 2.75) is 13.3 Å². The fourth-order valence-corrected chi connectivity index (χ4v) is 3.57. The van der Waals surface area contributed by atoms with Crippen LogP contribution in [0.5, 0.6) is 11.5 Å². The molecule has 28 heavy (non-hydrogen) atoms. The Morgan fingerprint density at radius 3 is 2.50 bits per heavy atom. The van der Waals surface area contributed by atoms with Crippen LogP contribution in [0, 0.1) is 5.92 Å². The van der Waals surface area contributed by atoms with Crippen LogP contribution in [0.2, 0.25) is 0 Å². The number of hydrogen-bond acceptors (Lipinski definition) is 4. The van der Waals surface area contributed by atoms with E-state index < -0.39 is 0 Å². The van der Waals surface area contributed by atoms with Gasteiger partial charge in [-0.1, -0.05) is 12.1 Å². The minimum Gasteiger partial charge on any atom is -0.494 e. The number of para-hydroxylation sites is 1. The van der Waals surface area contributed by atoms with Crippen LogP contribution in [0.25, 0.3) is 0 Å². The average Bonchev–Trinajstić information content (AvgIpc) is 3.08. The summed E-state index contributed by atoms with van der Waals surface area (Å²) in [5, 5.41) is 2.85. The zero-order valence-electron chi connectivity index (χ0n) is 15.7. The first-order valence-electron chi connectivity index (χ1n) is 9.26. The van der Waals surface area contributed by atoms with Crippen LogP contribution in [-0.2, 0) is 9.59 Å².